The van der Waals surface area contributed by atoms with E-state index in [0.29, 0.717) is 24.7 Å². The molecule has 0 unspecified atom stereocenters. The van der Waals surface area contributed by atoms with Crippen LogP contribution in [0, 0.1) is 0 Å². The highest BCUT2D eigenvalue weighted by molar-refractivity contribution is 14.0. The van der Waals surface area contributed by atoms with E-state index < -0.39 is 10.0 Å². The van der Waals surface area contributed by atoms with Gasteiger partial charge >= 0.3 is 0 Å². The topological polar surface area (TPSA) is 91.8 Å². The third-order valence-corrected chi connectivity index (χ3v) is 4.27. The Hall–Kier alpha value is -2.01. The second-order valence-corrected chi connectivity index (χ2v) is 7.68. The first kappa shape index (κ1) is 24.0. The number of aliphatic imine (C=N–C) groups is 1. The average Bonchev–Trinajstić information content (AvgIpc) is 2.64. The molecule has 0 heterocycles. The maximum Gasteiger partial charge on any atom is 0.229 e. The lowest BCUT2D eigenvalue weighted by Crippen LogP contribution is -2.37. The van der Waals surface area contributed by atoms with Crippen LogP contribution >= 0.6 is 24.0 Å². The second-order valence-electron chi connectivity index (χ2n) is 5.93. The van der Waals surface area contributed by atoms with Crippen LogP contribution in [0.15, 0.2) is 53.5 Å². The Morgan fingerprint density at radius 1 is 1.07 bits per heavy atom. The van der Waals surface area contributed by atoms with Crippen LogP contribution in [-0.4, -0.2) is 34.3 Å². The number of guanidine groups is 1. The molecule has 2 aromatic carbocycles. The summed E-state index contributed by atoms with van der Waals surface area (Å²) in [5.74, 6) is 1.46. The zero-order valence-corrected chi connectivity index (χ0v) is 19.4. The predicted octanol–water partition coefficient (Wildman–Crippen LogP) is 2.94. The number of halogens is 1. The lowest BCUT2D eigenvalue weighted by molar-refractivity contribution is 0.414. The third kappa shape index (κ3) is 8.34. The Bertz CT molecular complexity index is 871. The van der Waals surface area contributed by atoms with Crippen molar-refractivity contribution in [3.05, 3.63) is 59.7 Å². The first-order chi connectivity index (χ1) is 12.9. The Kier molecular flexibility index (Phi) is 10.1. The van der Waals surface area contributed by atoms with Crippen molar-refractivity contribution in [1.29, 1.82) is 0 Å². The number of rotatable bonds is 8. The monoisotopic (exact) mass is 518 g/mol. The molecule has 28 heavy (non-hydrogen) atoms. The molecule has 0 saturated carbocycles. The highest BCUT2D eigenvalue weighted by Crippen LogP contribution is 2.16. The number of ether oxygens (including phenoxy) is 1. The maximum atomic E-state index is 11.5. The van der Waals surface area contributed by atoms with E-state index in [1.165, 1.54) is 0 Å². The van der Waals surface area contributed by atoms with E-state index in [0.717, 1.165) is 29.7 Å². The zero-order chi connectivity index (χ0) is 19.7. The van der Waals surface area contributed by atoms with Gasteiger partial charge in [-0.3, -0.25) is 4.72 Å². The molecular weight excluding hydrogens is 491 g/mol. The highest BCUT2D eigenvalue weighted by Gasteiger charge is 2.07. The molecule has 0 amide bonds. The molecule has 0 spiro atoms. The van der Waals surface area contributed by atoms with Gasteiger partial charge in [-0.15, -0.1) is 24.0 Å². The fourth-order valence-electron chi connectivity index (χ4n) is 2.40. The van der Waals surface area contributed by atoms with Gasteiger partial charge in [-0.25, -0.2) is 13.4 Å². The van der Waals surface area contributed by atoms with E-state index in [4.69, 9.17) is 4.74 Å². The van der Waals surface area contributed by atoms with Crippen LogP contribution in [0.3, 0.4) is 0 Å². The van der Waals surface area contributed by atoms with Gasteiger partial charge in [0.1, 0.15) is 5.75 Å². The molecule has 0 aliphatic heterocycles. The molecule has 0 saturated heterocycles. The summed E-state index contributed by atoms with van der Waals surface area (Å²) in [6, 6.07) is 15.0. The Morgan fingerprint density at radius 2 is 1.75 bits per heavy atom. The minimum absolute atomic E-state index is 0. The van der Waals surface area contributed by atoms with Gasteiger partial charge in [0.25, 0.3) is 0 Å². The summed E-state index contributed by atoms with van der Waals surface area (Å²) >= 11 is 0. The minimum atomic E-state index is -3.33. The number of hydrogen-bond donors (Lipinski definition) is 3. The number of anilines is 1. The van der Waals surface area contributed by atoms with Gasteiger partial charge in [-0.1, -0.05) is 30.3 Å². The SMILES string of the molecule is CCNC(=NCc1ccc(OC)cc1)NCc1ccccc1NS(C)(=O)=O.I. The highest BCUT2D eigenvalue weighted by atomic mass is 127. The number of benzene rings is 2. The van der Waals surface area contributed by atoms with Crippen molar-refractivity contribution in [2.75, 3.05) is 24.6 Å². The molecule has 3 N–H and O–H groups in total. The maximum absolute atomic E-state index is 11.5. The van der Waals surface area contributed by atoms with Gasteiger partial charge in [0.05, 0.1) is 25.6 Å². The number of methoxy groups -OCH3 is 1. The number of hydrogen-bond acceptors (Lipinski definition) is 4. The molecule has 0 aliphatic rings. The summed E-state index contributed by atoms with van der Waals surface area (Å²) in [5, 5.41) is 6.42. The molecule has 2 rings (SSSR count). The average molecular weight is 518 g/mol. The zero-order valence-electron chi connectivity index (χ0n) is 16.2. The summed E-state index contributed by atoms with van der Waals surface area (Å²) in [5.41, 5.74) is 2.45. The van der Waals surface area contributed by atoms with E-state index in [-0.39, 0.29) is 24.0 Å². The van der Waals surface area contributed by atoms with Crippen LogP contribution in [0.5, 0.6) is 5.75 Å². The molecule has 0 radical (unpaired) electrons. The Labute approximate surface area is 184 Å². The lowest BCUT2D eigenvalue weighted by atomic mass is 10.2. The third-order valence-electron chi connectivity index (χ3n) is 3.68. The molecule has 0 aliphatic carbocycles. The van der Waals surface area contributed by atoms with Crippen LogP contribution < -0.4 is 20.1 Å². The Morgan fingerprint density at radius 3 is 2.36 bits per heavy atom. The molecule has 2 aromatic rings. The van der Waals surface area contributed by atoms with Gasteiger partial charge in [-0.05, 0) is 36.2 Å². The molecule has 0 atom stereocenters. The van der Waals surface area contributed by atoms with Crippen molar-refractivity contribution >= 4 is 45.6 Å². The number of sulfonamides is 1. The van der Waals surface area contributed by atoms with Crippen molar-refractivity contribution in [2.45, 2.75) is 20.0 Å². The fourth-order valence-corrected chi connectivity index (χ4v) is 2.99. The van der Waals surface area contributed by atoms with Crippen LogP contribution in [0.1, 0.15) is 18.1 Å². The van der Waals surface area contributed by atoms with Crippen molar-refractivity contribution in [3.63, 3.8) is 0 Å². The van der Waals surface area contributed by atoms with Crippen LogP contribution in [0.4, 0.5) is 5.69 Å². The Balaban J connectivity index is 0.00000392. The van der Waals surface area contributed by atoms with E-state index in [2.05, 4.69) is 20.3 Å². The van der Waals surface area contributed by atoms with Gasteiger partial charge in [-0.2, -0.15) is 0 Å². The van der Waals surface area contributed by atoms with Gasteiger partial charge < -0.3 is 15.4 Å². The van der Waals surface area contributed by atoms with Crippen molar-refractivity contribution < 1.29 is 13.2 Å². The van der Waals surface area contributed by atoms with E-state index in [9.17, 15) is 8.42 Å². The standard InChI is InChI=1S/C19H26N4O3S.HI/c1-4-20-19(21-13-15-9-11-17(26-2)12-10-15)22-14-16-7-5-6-8-18(16)23-27(3,24)25;/h5-12,23H,4,13-14H2,1-3H3,(H2,20,21,22);1H. The largest absolute Gasteiger partial charge is 0.497 e. The van der Waals surface area contributed by atoms with Gasteiger partial charge in [0.15, 0.2) is 5.96 Å². The van der Waals surface area contributed by atoms with Crippen LogP contribution in [-0.2, 0) is 23.1 Å². The van der Waals surface area contributed by atoms with E-state index >= 15 is 0 Å². The van der Waals surface area contributed by atoms with E-state index in [1.807, 2.05) is 43.3 Å². The van der Waals surface area contributed by atoms with Crippen molar-refractivity contribution in [1.82, 2.24) is 10.6 Å². The molecule has 7 nitrogen and oxygen atoms in total. The second kappa shape index (κ2) is 11.7. The fraction of sp³-hybridized carbons (Fsp3) is 0.316. The molecule has 0 aromatic heterocycles. The minimum Gasteiger partial charge on any atom is -0.497 e. The van der Waals surface area contributed by atoms with Gasteiger partial charge in [0.2, 0.25) is 10.0 Å². The number of nitrogens with zero attached hydrogens (tertiary/aromatic N) is 1. The predicted molar refractivity (Wildman–Crippen MR) is 125 cm³/mol. The summed E-state index contributed by atoms with van der Waals surface area (Å²) < 4.78 is 30.7. The van der Waals surface area contributed by atoms with Gasteiger partial charge in [0, 0.05) is 13.1 Å². The van der Waals surface area contributed by atoms with E-state index in [1.54, 1.807) is 19.2 Å². The number of nitrogens with one attached hydrogen (secondary N) is 3. The summed E-state index contributed by atoms with van der Waals surface area (Å²) in [6.45, 7) is 3.66. The summed E-state index contributed by atoms with van der Waals surface area (Å²) in [4.78, 5) is 4.57. The van der Waals surface area contributed by atoms with Crippen molar-refractivity contribution in [2.24, 2.45) is 4.99 Å². The van der Waals surface area contributed by atoms with Crippen LogP contribution in [0.2, 0.25) is 0 Å². The first-order valence-corrected chi connectivity index (χ1v) is 10.5. The quantitative estimate of drug-likeness (QED) is 0.284. The lowest BCUT2D eigenvalue weighted by Gasteiger charge is -2.14. The summed E-state index contributed by atoms with van der Waals surface area (Å²) in [7, 11) is -1.70. The molecule has 9 heteroatoms. The molecule has 0 bridgehead atoms. The number of para-hydroxylation sites is 1. The summed E-state index contributed by atoms with van der Waals surface area (Å²) in [6.07, 6.45) is 1.14. The molecule has 0 fully saturated rings. The normalized spacial score (nSPS) is 11.3. The van der Waals surface area contributed by atoms with Crippen LogP contribution in [0.25, 0.3) is 0 Å². The molecule has 154 valence electrons. The molecular formula is C19H27IN4O3S. The van der Waals surface area contributed by atoms with Crippen molar-refractivity contribution in [3.8, 4) is 5.75 Å². The smallest absolute Gasteiger partial charge is 0.229 e. The first-order valence-electron chi connectivity index (χ1n) is 8.62.